The van der Waals surface area contributed by atoms with Crippen molar-refractivity contribution in [2.75, 3.05) is 29.9 Å². The Morgan fingerprint density at radius 3 is 2.60 bits per heavy atom. The van der Waals surface area contributed by atoms with E-state index in [0.717, 1.165) is 31.4 Å². The molecule has 30 heavy (non-hydrogen) atoms. The number of carbonyl (C=O) groups is 1. The molecule has 1 amide bonds. The highest BCUT2D eigenvalue weighted by molar-refractivity contribution is 7.89. The predicted octanol–water partition coefficient (Wildman–Crippen LogP) is 3.56. The van der Waals surface area contributed by atoms with Crippen LogP contribution in [0.1, 0.15) is 37.3 Å². The molecule has 1 N–H and O–H groups in total. The van der Waals surface area contributed by atoms with Crippen molar-refractivity contribution in [2.45, 2.75) is 50.5 Å². The van der Waals surface area contributed by atoms with E-state index in [1.54, 1.807) is 29.4 Å². The molecule has 2 aliphatic heterocycles. The first kappa shape index (κ1) is 20.9. The number of rotatable bonds is 5. The Morgan fingerprint density at radius 1 is 1.10 bits per heavy atom. The number of amides is 1. The van der Waals surface area contributed by atoms with Crippen LogP contribution in [0.15, 0.2) is 47.4 Å². The molecule has 160 valence electrons. The number of hydrogen-bond donors (Lipinski definition) is 1. The maximum atomic E-state index is 13.1. The van der Waals surface area contributed by atoms with Crippen molar-refractivity contribution in [3.05, 3.63) is 53.6 Å². The maximum Gasteiger partial charge on any atom is 0.243 e. The molecule has 0 aliphatic carbocycles. The van der Waals surface area contributed by atoms with Gasteiger partial charge in [0.25, 0.3) is 0 Å². The van der Waals surface area contributed by atoms with Crippen molar-refractivity contribution in [1.82, 2.24) is 4.31 Å². The fourth-order valence-corrected chi connectivity index (χ4v) is 6.19. The van der Waals surface area contributed by atoms with Crippen molar-refractivity contribution in [3.8, 4) is 0 Å². The van der Waals surface area contributed by atoms with E-state index in [9.17, 15) is 13.2 Å². The highest BCUT2D eigenvalue weighted by Crippen LogP contribution is 2.31. The van der Waals surface area contributed by atoms with Crippen LogP contribution in [-0.2, 0) is 21.2 Å². The Bertz CT molecular complexity index is 1050. The summed E-state index contributed by atoms with van der Waals surface area (Å²) in [5, 5.41) is 2.90. The number of benzene rings is 2. The van der Waals surface area contributed by atoms with Gasteiger partial charge in [-0.25, -0.2) is 8.42 Å². The largest absolute Gasteiger partial charge is 0.359 e. The van der Waals surface area contributed by atoms with E-state index in [-0.39, 0.29) is 23.4 Å². The molecule has 7 heteroatoms. The van der Waals surface area contributed by atoms with Gasteiger partial charge in [0, 0.05) is 30.5 Å². The Labute approximate surface area is 178 Å². The van der Waals surface area contributed by atoms with Crippen molar-refractivity contribution in [1.29, 1.82) is 0 Å². The SMILES string of the molecule is Cc1ccc(NC(=O)CN2c3ccccc3CC2C)cc1S(=O)(=O)N1CCCCC1. The van der Waals surface area contributed by atoms with E-state index in [1.165, 1.54) is 5.56 Å². The summed E-state index contributed by atoms with van der Waals surface area (Å²) < 4.78 is 27.8. The van der Waals surface area contributed by atoms with Crippen LogP contribution < -0.4 is 10.2 Å². The van der Waals surface area contributed by atoms with Crippen molar-refractivity contribution in [2.24, 2.45) is 0 Å². The Kier molecular flexibility index (Phi) is 5.84. The van der Waals surface area contributed by atoms with E-state index in [1.807, 2.05) is 18.2 Å². The topological polar surface area (TPSA) is 69.7 Å². The molecule has 0 spiro atoms. The normalized spacial score (nSPS) is 19.5. The Hall–Kier alpha value is -2.38. The van der Waals surface area contributed by atoms with Crippen molar-refractivity contribution in [3.63, 3.8) is 0 Å². The summed E-state index contributed by atoms with van der Waals surface area (Å²) in [4.78, 5) is 15.1. The lowest BCUT2D eigenvalue weighted by Crippen LogP contribution is -2.37. The molecule has 2 aromatic carbocycles. The van der Waals surface area contributed by atoms with E-state index >= 15 is 0 Å². The zero-order chi connectivity index (χ0) is 21.3. The highest BCUT2D eigenvalue weighted by Gasteiger charge is 2.29. The Morgan fingerprint density at radius 2 is 1.83 bits per heavy atom. The molecule has 2 heterocycles. The molecular formula is C23H29N3O3S. The third-order valence-electron chi connectivity index (χ3n) is 6.07. The van der Waals surface area contributed by atoms with Gasteiger partial charge < -0.3 is 10.2 Å². The summed E-state index contributed by atoms with van der Waals surface area (Å²) in [7, 11) is -3.55. The van der Waals surface area contributed by atoms with Crippen LogP contribution in [0.2, 0.25) is 0 Å². The second-order valence-corrected chi connectivity index (χ2v) is 10.2. The molecule has 0 bridgehead atoms. The molecule has 2 aliphatic rings. The number of hydrogen-bond acceptors (Lipinski definition) is 4. The second-order valence-electron chi connectivity index (χ2n) is 8.30. The molecule has 1 unspecified atom stereocenters. The number of sulfonamides is 1. The fourth-order valence-electron chi connectivity index (χ4n) is 4.43. The van der Waals surface area contributed by atoms with Gasteiger partial charge in [0.15, 0.2) is 0 Å². The molecule has 0 aromatic heterocycles. The summed E-state index contributed by atoms with van der Waals surface area (Å²) in [6.45, 7) is 5.27. The third kappa shape index (κ3) is 4.09. The average molecular weight is 428 g/mol. The first-order valence-electron chi connectivity index (χ1n) is 10.6. The lowest BCUT2D eigenvalue weighted by atomic mass is 10.1. The van der Waals surface area contributed by atoms with Gasteiger partial charge in [0.05, 0.1) is 11.4 Å². The molecule has 6 nitrogen and oxygen atoms in total. The molecular weight excluding hydrogens is 398 g/mol. The van der Waals surface area contributed by atoms with Gasteiger partial charge in [0.2, 0.25) is 15.9 Å². The molecule has 1 fully saturated rings. The summed E-state index contributed by atoms with van der Waals surface area (Å²) in [6, 6.07) is 13.5. The van der Waals surface area contributed by atoms with Gasteiger partial charge in [-0.1, -0.05) is 30.7 Å². The average Bonchev–Trinajstić information content (AvgIpc) is 3.05. The quantitative estimate of drug-likeness (QED) is 0.792. The van der Waals surface area contributed by atoms with Gasteiger partial charge in [-0.2, -0.15) is 4.31 Å². The summed E-state index contributed by atoms with van der Waals surface area (Å²) >= 11 is 0. The minimum Gasteiger partial charge on any atom is -0.359 e. The van der Waals surface area contributed by atoms with Crippen LogP contribution in [0.25, 0.3) is 0 Å². The second kappa shape index (κ2) is 8.40. The fraction of sp³-hybridized carbons (Fsp3) is 0.435. The number of nitrogens with one attached hydrogen (secondary N) is 1. The minimum atomic E-state index is -3.55. The summed E-state index contributed by atoms with van der Waals surface area (Å²) in [5.74, 6) is -0.149. The lowest BCUT2D eigenvalue weighted by Gasteiger charge is -2.27. The van der Waals surface area contributed by atoms with Crippen LogP contribution in [0, 0.1) is 6.92 Å². The van der Waals surface area contributed by atoms with Gasteiger partial charge in [-0.05, 0) is 62.4 Å². The zero-order valence-electron chi connectivity index (χ0n) is 17.6. The molecule has 2 aromatic rings. The van der Waals surface area contributed by atoms with Crippen LogP contribution in [0.5, 0.6) is 0 Å². The molecule has 4 rings (SSSR count). The van der Waals surface area contributed by atoms with E-state index in [0.29, 0.717) is 24.3 Å². The number of para-hydroxylation sites is 1. The van der Waals surface area contributed by atoms with Crippen molar-refractivity contribution < 1.29 is 13.2 Å². The first-order chi connectivity index (χ1) is 14.4. The first-order valence-corrected chi connectivity index (χ1v) is 12.1. The van der Waals surface area contributed by atoms with Gasteiger partial charge in [0.1, 0.15) is 0 Å². The molecule has 0 radical (unpaired) electrons. The number of carbonyl (C=O) groups excluding carboxylic acids is 1. The lowest BCUT2D eigenvalue weighted by molar-refractivity contribution is -0.115. The van der Waals surface area contributed by atoms with Crippen LogP contribution in [0.3, 0.4) is 0 Å². The van der Waals surface area contributed by atoms with Crippen LogP contribution in [-0.4, -0.2) is 44.3 Å². The standard InChI is InChI=1S/C23H29N3O3S/c1-17-10-11-20(15-22(17)30(28,29)25-12-6-3-7-13-25)24-23(27)16-26-18(2)14-19-8-4-5-9-21(19)26/h4-5,8-11,15,18H,3,6-7,12-14,16H2,1-2H3,(H,24,27). The highest BCUT2D eigenvalue weighted by atomic mass is 32.2. The molecule has 1 saturated heterocycles. The van der Waals surface area contributed by atoms with E-state index in [4.69, 9.17) is 0 Å². The summed E-state index contributed by atoms with van der Waals surface area (Å²) in [6.07, 6.45) is 3.78. The maximum absolute atomic E-state index is 13.1. The third-order valence-corrected chi connectivity index (χ3v) is 8.11. The minimum absolute atomic E-state index is 0.149. The molecule has 0 saturated carbocycles. The number of nitrogens with zero attached hydrogens (tertiary/aromatic N) is 2. The van der Waals surface area contributed by atoms with Gasteiger partial charge in [-0.15, -0.1) is 0 Å². The summed E-state index contributed by atoms with van der Waals surface area (Å²) in [5.41, 5.74) is 3.56. The van der Waals surface area contributed by atoms with Gasteiger partial charge >= 0.3 is 0 Å². The van der Waals surface area contributed by atoms with E-state index < -0.39 is 10.0 Å². The Balaban J connectivity index is 1.50. The smallest absolute Gasteiger partial charge is 0.243 e. The van der Waals surface area contributed by atoms with E-state index in [2.05, 4.69) is 23.2 Å². The van der Waals surface area contributed by atoms with Crippen molar-refractivity contribution >= 4 is 27.3 Å². The number of anilines is 2. The number of piperidine rings is 1. The monoisotopic (exact) mass is 427 g/mol. The molecule has 1 atom stereocenters. The van der Waals surface area contributed by atoms with Crippen LogP contribution in [0.4, 0.5) is 11.4 Å². The number of aryl methyl sites for hydroxylation is 1. The van der Waals surface area contributed by atoms with Gasteiger partial charge in [-0.3, -0.25) is 4.79 Å². The van der Waals surface area contributed by atoms with Crippen LogP contribution >= 0.6 is 0 Å². The predicted molar refractivity (Wildman–Crippen MR) is 119 cm³/mol. The number of fused-ring (bicyclic) bond motifs is 1. The zero-order valence-corrected chi connectivity index (χ0v) is 18.4.